The summed E-state index contributed by atoms with van der Waals surface area (Å²) in [6.45, 7) is 2.08. The zero-order valence-corrected chi connectivity index (χ0v) is 13.2. The molecule has 0 unspecified atom stereocenters. The van der Waals surface area contributed by atoms with Crippen molar-refractivity contribution in [3.05, 3.63) is 28.8 Å². The first-order valence-electron chi connectivity index (χ1n) is 7.65. The summed E-state index contributed by atoms with van der Waals surface area (Å²) < 4.78 is 1.21. The molecule has 0 radical (unpaired) electrons. The molecule has 0 saturated heterocycles. The first kappa shape index (κ1) is 14.5. The molecule has 3 rings (SSSR count). The van der Waals surface area contributed by atoms with E-state index in [0.717, 1.165) is 42.6 Å². The van der Waals surface area contributed by atoms with Gasteiger partial charge in [-0.05, 0) is 36.8 Å². The molecule has 112 valence electrons. The Bertz CT molecular complexity index is 656. The van der Waals surface area contributed by atoms with Crippen LogP contribution >= 0.6 is 11.3 Å². The predicted molar refractivity (Wildman–Crippen MR) is 85.8 cm³/mol. The van der Waals surface area contributed by atoms with Gasteiger partial charge in [0, 0.05) is 6.42 Å². The molecule has 0 aliphatic heterocycles. The molecule has 3 nitrogen and oxygen atoms in total. The van der Waals surface area contributed by atoms with Crippen molar-refractivity contribution in [2.75, 3.05) is 0 Å². The quantitative estimate of drug-likeness (QED) is 0.900. The lowest BCUT2D eigenvalue weighted by Gasteiger charge is -2.35. The van der Waals surface area contributed by atoms with E-state index in [-0.39, 0.29) is 11.8 Å². The lowest BCUT2D eigenvalue weighted by atomic mass is 9.70. The second-order valence-corrected chi connectivity index (χ2v) is 7.45. The highest BCUT2D eigenvalue weighted by Gasteiger charge is 2.35. The maximum absolute atomic E-state index is 11.3. The number of aromatic nitrogens is 1. The van der Waals surface area contributed by atoms with Gasteiger partial charge in [-0.1, -0.05) is 31.4 Å². The first-order valence-corrected chi connectivity index (χ1v) is 8.47. The Morgan fingerprint density at radius 3 is 2.76 bits per heavy atom. The van der Waals surface area contributed by atoms with Crippen molar-refractivity contribution in [3.8, 4) is 0 Å². The molecule has 4 heteroatoms. The molecule has 1 fully saturated rings. The van der Waals surface area contributed by atoms with E-state index in [0.29, 0.717) is 0 Å². The number of rotatable bonds is 4. The Hall–Kier alpha value is -1.42. The van der Waals surface area contributed by atoms with E-state index in [2.05, 4.69) is 25.1 Å². The van der Waals surface area contributed by atoms with E-state index in [4.69, 9.17) is 4.98 Å². The summed E-state index contributed by atoms with van der Waals surface area (Å²) in [4.78, 5) is 16.1. The van der Waals surface area contributed by atoms with Gasteiger partial charge in [0.05, 0.1) is 21.6 Å². The Balaban J connectivity index is 1.90. The largest absolute Gasteiger partial charge is 0.481 e. The zero-order valence-electron chi connectivity index (χ0n) is 12.4. The van der Waals surface area contributed by atoms with Crippen LogP contribution in [-0.2, 0) is 11.2 Å². The summed E-state index contributed by atoms with van der Waals surface area (Å²) >= 11 is 1.73. The third kappa shape index (κ3) is 3.10. The highest BCUT2D eigenvalue weighted by atomic mass is 32.1. The van der Waals surface area contributed by atoms with E-state index < -0.39 is 5.97 Å². The van der Waals surface area contributed by atoms with Gasteiger partial charge in [-0.25, -0.2) is 4.98 Å². The van der Waals surface area contributed by atoms with Crippen LogP contribution in [0.4, 0.5) is 0 Å². The average molecular weight is 303 g/mol. The SMILES string of the molecule is Cc1cccc2sc(CC3(CC(=O)O)CCCCC3)nc12. The third-order valence-corrected chi connectivity index (χ3v) is 5.65. The first-order chi connectivity index (χ1) is 10.1. The number of carboxylic acid groups (broad SMARTS) is 1. The van der Waals surface area contributed by atoms with Crippen LogP contribution in [0.25, 0.3) is 10.2 Å². The summed E-state index contributed by atoms with van der Waals surface area (Å²) in [5, 5.41) is 10.4. The van der Waals surface area contributed by atoms with Gasteiger partial charge < -0.3 is 5.11 Å². The molecule has 0 bridgehead atoms. The van der Waals surface area contributed by atoms with E-state index >= 15 is 0 Å². The fraction of sp³-hybridized carbons (Fsp3) is 0.529. The number of benzene rings is 1. The molecule has 1 aliphatic rings. The van der Waals surface area contributed by atoms with Crippen molar-refractivity contribution in [2.45, 2.75) is 51.9 Å². The summed E-state index contributed by atoms with van der Waals surface area (Å²) in [7, 11) is 0. The molecule has 1 N–H and O–H groups in total. The Morgan fingerprint density at radius 1 is 1.33 bits per heavy atom. The van der Waals surface area contributed by atoms with Gasteiger partial charge in [0.2, 0.25) is 0 Å². The van der Waals surface area contributed by atoms with Crippen LogP contribution in [0.3, 0.4) is 0 Å². The molecule has 1 aliphatic carbocycles. The lowest BCUT2D eigenvalue weighted by molar-refractivity contribution is -0.140. The van der Waals surface area contributed by atoms with E-state index in [9.17, 15) is 9.90 Å². The van der Waals surface area contributed by atoms with Crippen LogP contribution < -0.4 is 0 Å². The number of thiazole rings is 1. The zero-order chi connectivity index (χ0) is 14.9. The van der Waals surface area contributed by atoms with Crippen LogP contribution in [0, 0.1) is 12.3 Å². The van der Waals surface area contributed by atoms with Crippen molar-refractivity contribution >= 4 is 27.5 Å². The van der Waals surface area contributed by atoms with E-state index in [1.54, 1.807) is 11.3 Å². The normalized spacial score (nSPS) is 18.0. The Kier molecular flexibility index (Phi) is 3.98. The van der Waals surface area contributed by atoms with Crippen LogP contribution in [0.5, 0.6) is 0 Å². The van der Waals surface area contributed by atoms with Crippen molar-refractivity contribution < 1.29 is 9.90 Å². The number of nitrogens with zero attached hydrogens (tertiary/aromatic N) is 1. The standard InChI is InChI=1S/C17H21NO2S/c1-12-6-5-7-13-16(12)18-14(21-13)10-17(11-15(19)20)8-3-2-4-9-17/h5-7H,2-4,8-11H2,1H3,(H,19,20). The number of aryl methyl sites for hydroxylation is 1. The van der Waals surface area contributed by atoms with Gasteiger partial charge in [0.15, 0.2) is 0 Å². The van der Waals surface area contributed by atoms with Crippen molar-refractivity contribution in [2.24, 2.45) is 5.41 Å². The molecule has 0 atom stereocenters. The minimum atomic E-state index is -0.672. The lowest BCUT2D eigenvalue weighted by Crippen LogP contribution is -2.29. The van der Waals surface area contributed by atoms with Crippen LogP contribution in [-0.4, -0.2) is 16.1 Å². The molecular weight excluding hydrogens is 282 g/mol. The van der Waals surface area contributed by atoms with Crippen LogP contribution in [0.15, 0.2) is 18.2 Å². The number of carbonyl (C=O) groups is 1. The number of aliphatic carboxylic acids is 1. The summed E-state index contributed by atoms with van der Waals surface area (Å²) in [6, 6.07) is 6.25. The second kappa shape index (κ2) is 5.76. The van der Waals surface area contributed by atoms with Gasteiger partial charge >= 0.3 is 5.97 Å². The fourth-order valence-corrected chi connectivity index (χ4v) is 4.79. The fourth-order valence-electron chi connectivity index (χ4n) is 3.57. The third-order valence-electron chi connectivity index (χ3n) is 4.63. The van der Waals surface area contributed by atoms with Crippen molar-refractivity contribution in [1.29, 1.82) is 0 Å². The summed E-state index contributed by atoms with van der Waals surface area (Å²) in [6.07, 6.45) is 6.68. The highest BCUT2D eigenvalue weighted by Crippen LogP contribution is 2.43. The molecule has 2 aromatic rings. The number of fused-ring (bicyclic) bond motifs is 1. The monoisotopic (exact) mass is 303 g/mol. The highest BCUT2D eigenvalue weighted by molar-refractivity contribution is 7.18. The van der Waals surface area contributed by atoms with Crippen LogP contribution in [0.1, 0.15) is 49.1 Å². The van der Waals surface area contributed by atoms with Gasteiger partial charge in [0.25, 0.3) is 0 Å². The number of carboxylic acids is 1. The topological polar surface area (TPSA) is 50.2 Å². The van der Waals surface area contributed by atoms with Gasteiger partial charge in [0.1, 0.15) is 0 Å². The van der Waals surface area contributed by atoms with Gasteiger partial charge in [-0.2, -0.15) is 0 Å². The van der Waals surface area contributed by atoms with Crippen LogP contribution in [0.2, 0.25) is 0 Å². The summed E-state index contributed by atoms with van der Waals surface area (Å²) in [5.41, 5.74) is 2.20. The summed E-state index contributed by atoms with van der Waals surface area (Å²) in [5.74, 6) is -0.672. The van der Waals surface area contributed by atoms with Gasteiger partial charge in [-0.3, -0.25) is 4.79 Å². The maximum Gasteiger partial charge on any atom is 0.303 e. The molecule has 1 aromatic heterocycles. The Morgan fingerprint density at radius 2 is 2.10 bits per heavy atom. The van der Waals surface area contributed by atoms with E-state index in [1.807, 2.05) is 0 Å². The van der Waals surface area contributed by atoms with Crippen molar-refractivity contribution in [3.63, 3.8) is 0 Å². The molecule has 0 amide bonds. The molecule has 0 spiro atoms. The second-order valence-electron chi connectivity index (χ2n) is 6.34. The minimum Gasteiger partial charge on any atom is -0.481 e. The molecule has 1 saturated carbocycles. The van der Waals surface area contributed by atoms with E-state index in [1.165, 1.54) is 16.7 Å². The maximum atomic E-state index is 11.3. The molecule has 21 heavy (non-hydrogen) atoms. The average Bonchev–Trinajstić information content (AvgIpc) is 2.82. The molecular formula is C17H21NO2S. The number of para-hydroxylation sites is 1. The molecule has 1 heterocycles. The smallest absolute Gasteiger partial charge is 0.303 e. The minimum absolute atomic E-state index is 0.0775. The van der Waals surface area contributed by atoms with Gasteiger partial charge in [-0.15, -0.1) is 11.3 Å². The van der Waals surface area contributed by atoms with Crippen molar-refractivity contribution in [1.82, 2.24) is 4.98 Å². The predicted octanol–water partition coefficient (Wildman–Crippen LogP) is 4.57. The number of hydrogen-bond donors (Lipinski definition) is 1. The number of hydrogen-bond acceptors (Lipinski definition) is 3. The Labute approximate surface area is 129 Å². The molecule has 1 aromatic carbocycles.